The number of rotatable bonds is 5. The molecule has 19 heavy (non-hydrogen) atoms. The van der Waals surface area contributed by atoms with Gasteiger partial charge >= 0.3 is 11.8 Å². The lowest BCUT2D eigenvalue weighted by Crippen LogP contribution is -2.53. The Balaban J connectivity index is 1.99. The van der Waals surface area contributed by atoms with Crippen molar-refractivity contribution in [2.45, 2.75) is 20.4 Å². The number of carbonyl (C=O) groups is 2. The molecule has 2 heterocycles. The average Bonchev–Trinajstić information content (AvgIpc) is 2.83. The van der Waals surface area contributed by atoms with Gasteiger partial charge in [0.2, 0.25) is 0 Å². The molecule has 0 spiro atoms. The van der Waals surface area contributed by atoms with Crippen molar-refractivity contribution >= 4 is 28.3 Å². The lowest BCUT2D eigenvalue weighted by Gasteiger charge is -2.32. The fourth-order valence-electron chi connectivity index (χ4n) is 1.97. The molecule has 0 aromatic carbocycles. The minimum Gasteiger partial charge on any atom is -0.362 e. The molecule has 1 N–H and O–H groups in total. The molecule has 104 valence electrons. The van der Waals surface area contributed by atoms with Gasteiger partial charge in [0.25, 0.3) is 0 Å². The zero-order chi connectivity index (χ0) is 13.8. The molecular weight excluding hydrogens is 264 g/mol. The van der Waals surface area contributed by atoms with Gasteiger partial charge in [0.05, 0.1) is 6.54 Å². The van der Waals surface area contributed by atoms with Crippen molar-refractivity contribution < 1.29 is 9.59 Å². The standard InChI is InChI=1S/C12H18N4O2S/c1-3-13-12-14-7-9(19-12)8-16-6-5-15(4-2)10(17)11(16)18/h7H,3-6,8H2,1-2H3,(H,13,14). The third kappa shape index (κ3) is 3.04. The Morgan fingerprint density at radius 3 is 2.63 bits per heavy atom. The number of nitrogens with one attached hydrogen (secondary N) is 1. The van der Waals surface area contributed by atoms with Crippen LogP contribution in [0.1, 0.15) is 18.7 Å². The van der Waals surface area contributed by atoms with Gasteiger partial charge in [-0.3, -0.25) is 9.59 Å². The van der Waals surface area contributed by atoms with Crippen molar-refractivity contribution in [1.82, 2.24) is 14.8 Å². The normalized spacial score (nSPS) is 16.1. The van der Waals surface area contributed by atoms with Gasteiger partial charge in [0, 0.05) is 37.3 Å². The molecule has 1 aromatic heterocycles. The molecule has 1 saturated heterocycles. The van der Waals surface area contributed by atoms with Gasteiger partial charge in [0.15, 0.2) is 5.13 Å². The van der Waals surface area contributed by atoms with Gasteiger partial charge in [-0.1, -0.05) is 0 Å². The van der Waals surface area contributed by atoms with Gasteiger partial charge < -0.3 is 15.1 Å². The molecule has 0 radical (unpaired) electrons. The van der Waals surface area contributed by atoms with E-state index >= 15 is 0 Å². The summed E-state index contributed by atoms with van der Waals surface area (Å²) in [6.07, 6.45) is 1.76. The Bertz CT molecular complexity index is 474. The second kappa shape index (κ2) is 6.01. The van der Waals surface area contributed by atoms with Crippen LogP contribution in [0.15, 0.2) is 6.20 Å². The van der Waals surface area contributed by atoms with Crippen molar-refractivity contribution in [3.8, 4) is 0 Å². The van der Waals surface area contributed by atoms with Crippen LogP contribution in [-0.2, 0) is 16.1 Å². The number of hydrogen-bond acceptors (Lipinski definition) is 5. The molecule has 0 aliphatic carbocycles. The zero-order valence-corrected chi connectivity index (χ0v) is 12.0. The first-order valence-corrected chi connectivity index (χ1v) is 7.24. The summed E-state index contributed by atoms with van der Waals surface area (Å²) in [7, 11) is 0. The maximum Gasteiger partial charge on any atom is 0.312 e. The van der Waals surface area contributed by atoms with Gasteiger partial charge in [-0.05, 0) is 13.8 Å². The molecule has 2 amide bonds. The largest absolute Gasteiger partial charge is 0.362 e. The minimum atomic E-state index is -0.411. The summed E-state index contributed by atoms with van der Waals surface area (Å²) >= 11 is 1.52. The maximum absolute atomic E-state index is 11.9. The Kier molecular flexibility index (Phi) is 4.36. The first-order chi connectivity index (χ1) is 9.15. The first kappa shape index (κ1) is 13.8. The van der Waals surface area contributed by atoms with E-state index in [-0.39, 0.29) is 0 Å². The molecule has 0 saturated carbocycles. The third-order valence-corrected chi connectivity index (χ3v) is 3.95. The molecule has 6 nitrogen and oxygen atoms in total. The summed E-state index contributed by atoms with van der Waals surface area (Å²) in [5.74, 6) is -0.809. The summed E-state index contributed by atoms with van der Waals surface area (Å²) in [4.78, 5) is 32.1. The van der Waals surface area contributed by atoms with Crippen LogP contribution in [-0.4, -0.2) is 52.8 Å². The van der Waals surface area contributed by atoms with E-state index in [4.69, 9.17) is 0 Å². The van der Waals surface area contributed by atoms with E-state index in [0.29, 0.717) is 26.2 Å². The highest BCUT2D eigenvalue weighted by Gasteiger charge is 2.31. The SMILES string of the molecule is CCNc1ncc(CN2CCN(CC)C(=O)C2=O)s1. The topological polar surface area (TPSA) is 65.5 Å². The summed E-state index contributed by atoms with van der Waals surface area (Å²) < 4.78 is 0. The molecule has 1 aromatic rings. The van der Waals surface area contributed by atoms with E-state index in [9.17, 15) is 9.59 Å². The van der Waals surface area contributed by atoms with Crippen molar-refractivity contribution in [3.63, 3.8) is 0 Å². The van der Waals surface area contributed by atoms with Crippen molar-refractivity contribution in [1.29, 1.82) is 0 Å². The Hall–Kier alpha value is -1.63. The number of hydrogen-bond donors (Lipinski definition) is 1. The van der Waals surface area contributed by atoms with Crippen molar-refractivity contribution in [2.24, 2.45) is 0 Å². The Labute approximate surface area is 116 Å². The summed E-state index contributed by atoms with van der Waals surface area (Å²) in [6.45, 7) is 6.96. The van der Waals surface area contributed by atoms with E-state index in [1.54, 1.807) is 16.0 Å². The number of carbonyl (C=O) groups excluding carboxylic acids is 2. The highest BCUT2D eigenvalue weighted by atomic mass is 32.1. The van der Waals surface area contributed by atoms with Gasteiger partial charge in [-0.25, -0.2) is 4.98 Å². The van der Waals surface area contributed by atoms with E-state index in [1.807, 2.05) is 13.8 Å². The number of nitrogens with zero attached hydrogens (tertiary/aromatic N) is 3. The van der Waals surface area contributed by atoms with Crippen molar-refractivity contribution in [3.05, 3.63) is 11.1 Å². The Morgan fingerprint density at radius 2 is 1.95 bits per heavy atom. The van der Waals surface area contributed by atoms with E-state index in [2.05, 4.69) is 10.3 Å². The summed E-state index contributed by atoms with van der Waals surface area (Å²) in [6, 6.07) is 0. The number of aromatic nitrogens is 1. The predicted molar refractivity (Wildman–Crippen MR) is 73.9 cm³/mol. The van der Waals surface area contributed by atoms with Crippen LogP contribution in [0.2, 0.25) is 0 Å². The van der Waals surface area contributed by atoms with Gasteiger partial charge in [-0.15, -0.1) is 11.3 Å². The molecule has 7 heteroatoms. The second-order valence-electron chi connectivity index (χ2n) is 4.27. The molecule has 1 aliphatic heterocycles. The third-order valence-electron chi connectivity index (χ3n) is 3.01. The minimum absolute atomic E-state index is 0.398. The highest BCUT2D eigenvalue weighted by molar-refractivity contribution is 7.15. The average molecular weight is 282 g/mol. The van der Waals surface area contributed by atoms with Crippen LogP contribution in [0.3, 0.4) is 0 Å². The van der Waals surface area contributed by atoms with Crippen LogP contribution in [0, 0.1) is 0 Å². The molecular formula is C12H18N4O2S. The lowest BCUT2D eigenvalue weighted by molar-refractivity contribution is -0.156. The smallest absolute Gasteiger partial charge is 0.312 e. The van der Waals surface area contributed by atoms with E-state index in [0.717, 1.165) is 16.6 Å². The van der Waals surface area contributed by atoms with Crippen LogP contribution >= 0.6 is 11.3 Å². The fraction of sp³-hybridized carbons (Fsp3) is 0.583. The van der Waals surface area contributed by atoms with Crippen LogP contribution in [0.5, 0.6) is 0 Å². The number of amides is 2. The second-order valence-corrected chi connectivity index (χ2v) is 5.39. The van der Waals surface area contributed by atoms with Gasteiger partial charge in [-0.2, -0.15) is 0 Å². The van der Waals surface area contributed by atoms with Crippen LogP contribution in [0.4, 0.5) is 5.13 Å². The molecule has 1 aliphatic rings. The van der Waals surface area contributed by atoms with Gasteiger partial charge in [0.1, 0.15) is 0 Å². The molecule has 0 atom stereocenters. The predicted octanol–water partition coefficient (Wildman–Crippen LogP) is 0.766. The Morgan fingerprint density at radius 1 is 1.26 bits per heavy atom. The fourth-order valence-corrected chi connectivity index (χ4v) is 2.87. The summed E-state index contributed by atoms with van der Waals surface area (Å²) in [5.41, 5.74) is 0. The molecule has 0 unspecified atom stereocenters. The number of thiazole rings is 1. The van der Waals surface area contributed by atoms with Crippen LogP contribution in [0.25, 0.3) is 0 Å². The zero-order valence-electron chi connectivity index (χ0n) is 11.2. The highest BCUT2D eigenvalue weighted by Crippen LogP contribution is 2.20. The quantitative estimate of drug-likeness (QED) is 0.810. The van der Waals surface area contributed by atoms with E-state index < -0.39 is 11.8 Å². The van der Waals surface area contributed by atoms with Crippen molar-refractivity contribution in [2.75, 3.05) is 31.5 Å². The van der Waals surface area contributed by atoms with Crippen LogP contribution < -0.4 is 5.32 Å². The number of anilines is 1. The molecule has 2 rings (SSSR count). The number of likely N-dealkylation sites (N-methyl/N-ethyl adjacent to an activating group) is 1. The molecule has 1 fully saturated rings. The van der Waals surface area contributed by atoms with E-state index in [1.165, 1.54) is 11.3 Å². The number of piperazine rings is 1. The molecule has 0 bridgehead atoms. The summed E-state index contributed by atoms with van der Waals surface area (Å²) in [5, 5.41) is 3.98. The lowest BCUT2D eigenvalue weighted by atomic mass is 10.3. The monoisotopic (exact) mass is 282 g/mol. The maximum atomic E-state index is 11.9. The first-order valence-electron chi connectivity index (χ1n) is 6.42.